The Bertz CT molecular complexity index is 1170. The topological polar surface area (TPSA) is 29.5 Å². The molecule has 0 atom stereocenters. The minimum absolute atomic E-state index is 0.0486. The quantitative estimate of drug-likeness (QED) is 0.416. The monoisotopic (exact) mass is 429 g/mol. The molecule has 3 aromatic rings. The number of nitrogens with zero attached hydrogens (tertiary/aromatic N) is 1. The van der Waals surface area contributed by atoms with E-state index in [0.29, 0.717) is 17.2 Å². The number of ether oxygens (including phenoxy) is 1. The molecule has 0 aromatic heterocycles. The molecule has 1 heterocycles. The Balaban J connectivity index is 1.79. The van der Waals surface area contributed by atoms with Crippen LogP contribution in [0.1, 0.15) is 29.2 Å². The van der Waals surface area contributed by atoms with Gasteiger partial charge in [-0.05, 0) is 85.5 Å². The van der Waals surface area contributed by atoms with Crippen molar-refractivity contribution in [3.05, 3.63) is 106 Å². The molecule has 0 spiro atoms. The lowest BCUT2D eigenvalue weighted by Crippen LogP contribution is -2.25. The predicted octanol–water partition coefficient (Wildman–Crippen LogP) is 6.83. The van der Waals surface area contributed by atoms with E-state index in [1.54, 1.807) is 4.90 Å². The Morgan fingerprint density at radius 2 is 1.68 bits per heavy atom. The van der Waals surface area contributed by atoms with Crippen LogP contribution in [0.5, 0.6) is 5.75 Å². The van der Waals surface area contributed by atoms with Crippen LogP contribution in [0, 0.1) is 13.8 Å². The normalized spacial score (nSPS) is 14.8. The van der Waals surface area contributed by atoms with E-state index in [1.165, 1.54) is 0 Å². The first-order valence-electron chi connectivity index (χ1n) is 10.3. The smallest absolute Gasteiger partial charge is 0.262 e. The lowest BCUT2D eigenvalue weighted by Gasteiger charge is -2.23. The van der Waals surface area contributed by atoms with E-state index in [1.807, 2.05) is 87.5 Å². The van der Waals surface area contributed by atoms with Crippen LogP contribution in [-0.2, 0) is 4.79 Å². The average molecular weight is 430 g/mol. The summed E-state index contributed by atoms with van der Waals surface area (Å²) in [7, 11) is 0. The first kappa shape index (κ1) is 21.0. The molecule has 31 heavy (non-hydrogen) atoms. The Labute approximate surface area is 188 Å². The largest absolute Gasteiger partial charge is 0.494 e. The third-order valence-electron chi connectivity index (χ3n) is 5.24. The van der Waals surface area contributed by atoms with Crippen LogP contribution in [0.3, 0.4) is 0 Å². The number of benzene rings is 3. The van der Waals surface area contributed by atoms with Crippen LogP contribution in [0.4, 0.5) is 5.69 Å². The standard InChI is InChI=1S/C27H24ClNO2/c1-4-31-24-13-7-20(8-14-24)16-22-17-26(21-9-11-23(28)12-10-21)29(27(22)30)25-15-18(2)5-6-19(25)3/h5-17H,4H2,1-3H3/b22-16+. The fourth-order valence-corrected chi connectivity index (χ4v) is 3.78. The molecule has 0 aliphatic carbocycles. The molecule has 4 rings (SSSR count). The molecule has 0 bridgehead atoms. The summed E-state index contributed by atoms with van der Waals surface area (Å²) in [6.45, 7) is 6.64. The number of amides is 1. The lowest BCUT2D eigenvalue weighted by atomic mass is 10.1. The fourth-order valence-electron chi connectivity index (χ4n) is 3.65. The molecule has 0 unspecified atom stereocenters. The molecule has 1 aliphatic heterocycles. The molecule has 156 valence electrons. The van der Waals surface area contributed by atoms with Gasteiger partial charge < -0.3 is 4.74 Å². The highest BCUT2D eigenvalue weighted by molar-refractivity contribution is 6.30. The molecule has 3 nitrogen and oxygen atoms in total. The van der Waals surface area contributed by atoms with Crippen molar-refractivity contribution in [2.75, 3.05) is 11.5 Å². The van der Waals surface area contributed by atoms with Gasteiger partial charge in [0.15, 0.2) is 0 Å². The first-order chi connectivity index (χ1) is 15.0. The third-order valence-corrected chi connectivity index (χ3v) is 5.49. The van der Waals surface area contributed by atoms with Gasteiger partial charge in [-0.1, -0.05) is 48.0 Å². The Morgan fingerprint density at radius 3 is 2.35 bits per heavy atom. The minimum Gasteiger partial charge on any atom is -0.494 e. The summed E-state index contributed by atoms with van der Waals surface area (Å²) >= 11 is 6.10. The van der Waals surface area contributed by atoms with Gasteiger partial charge in [0, 0.05) is 10.6 Å². The summed E-state index contributed by atoms with van der Waals surface area (Å²) < 4.78 is 5.52. The molecule has 0 saturated carbocycles. The van der Waals surface area contributed by atoms with E-state index in [4.69, 9.17) is 16.3 Å². The summed E-state index contributed by atoms with van der Waals surface area (Å²) in [5.74, 6) is 0.768. The highest BCUT2D eigenvalue weighted by Crippen LogP contribution is 2.37. The minimum atomic E-state index is -0.0486. The second-order valence-electron chi connectivity index (χ2n) is 7.57. The van der Waals surface area contributed by atoms with E-state index in [-0.39, 0.29) is 5.91 Å². The van der Waals surface area contributed by atoms with Gasteiger partial charge in [0.2, 0.25) is 0 Å². The number of hydrogen-bond acceptors (Lipinski definition) is 2. The molecule has 0 fully saturated rings. The average Bonchev–Trinajstić information content (AvgIpc) is 3.08. The number of hydrogen-bond donors (Lipinski definition) is 0. The van der Waals surface area contributed by atoms with Gasteiger partial charge in [-0.3, -0.25) is 9.69 Å². The van der Waals surface area contributed by atoms with Gasteiger partial charge in [0.1, 0.15) is 5.75 Å². The third kappa shape index (κ3) is 4.42. The van der Waals surface area contributed by atoms with Crippen molar-refractivity contribution < 1.29 is 9.53 Å². The van der Waals surface area contributed by atoms with Gasteiger partial charge in [0.25, 0.3) is 5.91 Å². The van der Waals surface area contributed by atoms with E-state index in [9.17, 15) is 4.79 Å². The number of aryl methyl sites for hydroxylation is 2. The highest BCUT2D eigenvalue weighted by Gasteiger charge is 2.31. The number of carbonyl (C=O) groups excluding carboxylic acids is 1. The summed E-state index contributed by atoms with van der Waals surface area (Å²) in [4.78, 5) is 15.3. The summed E-state index contributed by atoms with van der Waals surface area (Å²) in [6, 6.07) is 21.5. The molecule has 1 aliphatic rings. The number of rotatable bonds is 5. The Morgan fingerprint density at radius 1 is 0.968 bits per heavy atom. The van der Waals surface area contributed by atoms with E-state index >= 15 is 0 Å². The van der Waals surface area contributed by atoms with Crippen molar-refractivity contribution >= 4 is 35.0 Å². The second kappa shape index (κ2) is 8.83. The zero-order valence-electron chi connectivity index (χ0n) is 17.9. The molecular formula is C27H24ClNO2. The van der Waals surface area contributed by atoms with Crippen molar-refractivity contribution in [3.8, 4) is 5.75 Å². The number of anilines is 1. The molecule has 0 radical (unpaired) electrons. The van der Waals surface area contributed by atoms with Gasteiger partial charge in [-0.2, -0.15) is 0 Å². The molecule has 3 aromatic carbocycles. The van der Waals surface area contributed by atoms with Crippen LogP contribution >= 0.6 is 11.6 Å². The van der Waals surface area contributed by atoms with Gasteiger partial charge >= 0.3 is 0 Å². The number of carbonyl (C=O) groups is 1. The summed E-state index contributed by atoms with van der Waals surface area (Å²) in [6.07, 6.45) is 3.86. The van der Waals surface area contributed by atoms with Crippen molar-refractivity contribution in [2.45, 2.75) is 20.8 Å². The zero-order chi connectivity index (χ0) is 22.0. The van der Waals surface area contributed by atoms with Gasteiger partial charge in [-0.25, -0.2) is 0 Å². The molecule has 1 amide bonds. The van der Waals surface area contributed by atoms with Gasteiger partial charge in [-0.15, -0.1) is 0 Å². The number of halogens is 1. The molecular weight excluding hydrogens is 406 g/mol. The van der Waals surface area contributed by atoms with Crippen molar-refractivity contribution in [1.29, 1.82) is 0 Å². The van der Waals surface area contributed by atoms with Crippen molar-refractivity contribution in [1.82, 2.24) is 0 Å². The highest BCUT2D eigenvalue weighted by atomic mass is 35.5. The Hall–Kier alpha value is -3.30. The van der Waals surface area contributed by atoms with E-state index in [0.717, 1.165) is 39.4 Å². The maximum Gasteiger partial charge on any atom is 0.262 e. The zero-order valence-corrected chi connectivity index (χ0v) is 18.6. The van der Waals surface area contributed by atoms with Crippen molar-refractivity contribution in [3.63, 3.8) is 0 Å². The Kier molecular flexibility index (Phi) is 5.97. The summed E-state index contributed by atoms with van der Waals surface area (Å²) in [5, 5.41) is 0.664. The molecule has 0 N–H and O–H groups in total. The maximum absolute atomic E-state index is 13.5. The van der Waals surface area contributed by atoms with Gasteiger partial charge in [0.05, 0.1) is 18.0 Å². The SMILES string of the molecule is CCOc1ccc(/C=C2\C=C(c3ccc(Cl)cc3)N(c3cc(C)ccc3C)C2=O)cc1. The maximum atomic E-state index is 13.5. The molecule has 4 heteroatoms. The lowest BCUT2D eigenvalue weighted by molar-refractivity contribution is -0.113. The predicted molar refractivity (Wildman–Crippen MR) is 128 cm³/mol. The van der Waals surface area contributed by atoms with Crippen molar-refractivity contribution in [2.24, 2.45) is 0 Å². The van der Waals surface area contributed by atoms with Crippen LogP contribution < -0.4 is 9.64 Å². The van der Waals surface area contributed by atoms with Crippen LogP contribution in [0.15, 0.2) is 78.4 Å². The van der Waals surface area contributed by atoms with Crippen LogP contribution in [-0.4, -0.2) is 12.5 Å². The van der Waals surface area contributed by atoms with E-state index in [2.05, 4.69) is 12.1 Å². The fraction of sp³-hybridized carbons (Fsp3) is 0.148. The first-order valence-corrected chi connectivity index (χ1v) is 10.7. The second-order valence-corrected chi connectivity index (χ2v) is 8.01. The van der Waals surface area contributed by atoms with Crippen LogP contribution in [0.2, 0.25) is 5.02 Å². The summed E-state index contributed by atoms with van der Waals surface area (Å²) in [5.41, 5.74) is 6.40. The molecule has 0 saturated heterocycles. The van der Waals surface area contributed by atoms with Crippen LogP contribution in [0.25, 0.3) is 11.8 Å². The van der Waals surface area contributed by atoms with E-state index < -0.39 is 0 Å².